The van der Waals surface area contributed by atoms with E-state index >= 15 is 0 Å². The Hall–Kier alpha value is -2.84. The van der Waals surface area contributed by atoms with Gasteiger partial charge >= 0.3 is 5.97 Å². The van der Waals surface area contributed by atoms with Gasteiger partial charge in [-0.2, -0.15) is 0 Å². The molecule has 44 heavy (non-hydrogen) atoms. The average Bonchev–Trinajstić information content (AvgIpc) is 3.32. The van der Waals surface area contributed by atoms with Gasteiger partial charge in [0.1, 0.15) is 11.9 Å². The summed E-state index contributed by atoms with van der Waals surface area (Å²) in [6.45, 7) is 10.4. The summed E-state index contributed by atoms with van der Waals surface area (Å²) in [5, 5.41) is 2.27. The van der Waals surface area contributed by atoms with Gasteiger partial charge in [0.2, 0.25) is 0 Å². The number of rotatable bonds is 15. The number of carbonyl (C=O) groups excluding carboxylic acids is 1. The van der Waals surface area contributed by atoms with Gasteiger partial charge in [-0.1, -0.05) is 81.4 Å². The molecule has 0 aliphatic carbocycles. The number of carbonyl (C=O) groups is 1. The van der Waals surface area contributed by atoms with E-state index in [2.05, 4.69) is 97.0 Å². The van der Waals surface area contributed by atoms with Gasteiger partial charge in [0.15, 0.2) is 0 Å². The highest BCUT2D eigenvalue weighted by Gasteiger charge is 2.50. The number of esters is 1. The molecule has 0 radical (unpaired) electrons. The van der Waals surface area contributed by atoms with Crippen molar-refractivity contribution in [1.29, 1.82) is 0 Å². The SMILES string of the molecule is CC(CO[Si](c1ccccc1)(c1ccccc1)C(C)(C)C)OC(=O)CCCc1nc2cc(N(CCCl)CCCl)ccc2n1C. The summed E-state index contributed by atoms with van der Waals surface area (Å²) in [5.41, 5.74) is 3.03. The number of anilines is 1. The van der Waals surface area contributed by atoms with E-state index in [-0.39, 0.29) is 17.1 Å². The first kappa shape index (κ1) is 34.0. The first-order valence-corrected chi connectivity index (χ1v) is 18.3. The van der Waals surface area contributed by atoms with Crippen LogP contribution in [0.4, 0.5) is 5.69 Å². The molecule has 0 amide bonds. The molecule has 0 N–H and O–H groups in total. The number of benzene rings is 3. The van der Waals surface area contributed by atoms with Crippen molar-refractivity contribution in [1.82, 2.24) is 9.55 Å². The standard InChI is InChI=1S/C35H45Cl2N3O3Si/c1-27(26-42-44(35(2,3)4,29-13-8-6-9-14-29)30-15-10-7-11-16-30)43-34(41)18-12-17-33-38-31-25-28(19-20-32(31)39(33)5)40(23-21-36)24-22-37/h6-11,13-16,19-20,25,27H,12,17-18,21-24,26H2,1-5H3. The van der Waals surface area contributed by atoms with Gasteiger partial charge in [0, 0.05) is 50.4 Å². The largest absolute Gasteiger partial charge is 0.460 e. The van der Waals surface area contributed by atoms with E-state index < -0.39 is 8.32 Å². The van der Waals surface area contributed by atoms with Crippen LogP contribution in [0, 0.1) is 0 Å². The summed E-state index contributed by atoms with van der Waals surface area (Å²) in [6.07, 6.45) is 1.27. The van der Waals surface area contributed by atoms with Crippen molar-refractivity contribution in [2.45, 2.75) is 58.1 Å². The minimum atomic E-state index is -2.69. The molecule has 1 unspecified atom stereocenters. The van der Waals surface area contributed by atoms with Crippen LogP contribution in [0.3, 0.4) is 0 Å². The van der Waals surface area contributed by atoms with E-state index in [4.69, 9.17) is 37.3 Å². The number of hydrogen-bond acceptors (Lipinski definition) is 5. The predicted octanol–water partition coefficient (Wildman–Crippen LogP) is 6.69. The van der Waals surface area contributed by atoms with Gasteiger partial charge in [-0.05, 0) is 47.0 Å². The number of ether oxygens (including phenoxy) is 1. The second-order valence-corrected chi connectivity index (χ2v) is 17.3. The van der Waals surface area contributed by atoms with Gasteiger partial charge in [-0.15, -0.1) is 23.2 Å². The molecule has 0 saturated carbocycles. The van der Waals surface area contributed by atoms with Crippen LogP contribution >= 0.6 is 23.2 Å². The molecule has 1 heterocycles. The van der Waals surface area contributed by atoms with Crippen molar-refractivity contribution in [3.8, 4) is 0 Å². The quantitative estimate of drug-likeness (QED) is 0.0813. The molecular weight excluding hydrogens is 609 g/mol. The molecule has 0 fully saturated rings. The Morgan fingerprint density at radius 3 is 2.09 bits per heavy atom. The van der Waals surface area contributed by atoms with Crippen LogP contribution in [0.15, 0.2) is 78.9 Å². The summed E-state index contributed by atoms with van der Waals surface area (Å²) in [6, 6.07) is 27.3. The van der Waals surface area contributed by atoms with Crippen LogP contribution in [0.2, 0.25) is 5.04 Å². The Kier molecular flexibility index (Phi) is 11.9. The molecule has 0 spiro atoms. The molecule has 9 heteroatoms. The normalized spacial score (nSPS) is 12.8. The second kappa shape index (κ2) is 15.4. The smallest absolute Gasteiger partial charge is 0.306 e. The summed E-state index contributed by atoms with van der Waals surface area (Å²) in [5.74, 6) is 1.78. The lowest BCUT2D eigenvalue weighted by Gasteiger charge is -2.43. The van der Waals surface area contributed by atoms with Gasteiger partial charge in [0.25, 0.3) is 8.32 Å². The fourth-order valence-electron chi connectivity index (χ4n) is 5.94. The van der Waals surface area contributed by atoms with Crippen LogP contribution in [0.1, 0.15) is 46.4 Å². The van der Waals surface area contributed by atoms with Crippen molar-refractivity contribution in [3.63, 3.8) is 0 Å². The van der Waals surface area contributed by atoms with Crippen molar-refractivity contribution in [2.75, 3.05) is 36.4 Å². The lowest BCUT2D eigenvalue weighted by atomic mass is 10.2. The molecule has 0 aliphatic rings. The summed E-state index contributed by atoms with van der Waals surface area (Å²) in [7, 11) is -0.679. The van der Waals surface area contributed by atoms with Gasteiger partial charge in [-0.3, -0.25) is 4.79 Å². The number of hydrogen-bond donors (Lipinski definition) is 0. The Morgan fingerprint density at radius 2 is 1.55 bits per heavy atom. The number of halogens is 2. The minimum absolute atomic E-state index is 0.141. The molecule has 1 atom stereocenters. The molecule has 6 nitrogen and oxygen atoms in total. The highest BCUT2D eigenvalue weighted by Crippen LogP contribution is 2.37. The molecule has 1 aromatic heterocycles. The van der Waals surface area contributed by atoms with E-state index in [9.17, 15) is 4.79 Å². The molecule has 0 bridgehead atoms. The first-order valence-electron chi connectivity index (χ1n) is 15.4. The van der Waals surface area contributed by atoms with Crippen molar-refractivity contribution < 1.29 is 14.0 Å². The van der Waals surface area contributed by atoms with E-state index in [1.165, 1.54) is 10.4 Å². The third kappa shape index (κ3) is 7.86. The fraction of sp³-hybridized carbons (Fsp3) is 0.429. The third-order valence-corrected chi connectivity index (χ3v) is 13.4. The molecule has 4 rings (SSSR count). The fourth-order valence-corrected chi connectivity index (χ4v) is 11.0. The van der Waals surface area contributed by atoms with E-state index in [1.54, 1.807) is 0 Å². The Bertz CT molecular complexity index is 1450. The molecular formula is C35H45Cl2N3O3Si. The minimum Gasteiger partial charge on any atom is -0.460 e. The van der Waals surface area contributed by atoms with Gasteiger partial charge < -0.3 is 18.6 Å². The number of alkyl halides is 2. The molecule has 0 aliphatic heterocycles. The zero-order valence-corrected chi connectivity index (χ0v) is 29.1. The highest BCUT2D eigenvalue weighted by molar-refractivity contribution is 6.99. The van der Waals surface area contributed by atoms with Crippen molar-refractivity contribution in [3.05, 3.63) is 84.7 Å². The average molecular weight is 655 g/mol. The van der Waals surface area contributed by atoms with Crippen molar-refractivity contribution in [2.24, 2.45) is 7.05 Å². The predicted molar refractivity (Wildman–Crippen MR) is 186 cm³/mol. The Labute approximate surface area is 273 Å². The van der Waals surface area contributed by atoms with E-state index in [1.807, 2.05) is 26.1 Å². The topological polar surface area (TPSA) is 56.6 Å². The van der Waals surface area contributed by atoms with Crippen LogP contribution < -0.4 is 15.3 Å². The number of fused-ring (bicyclic) bond motifs is 1. The van der Waals surface area contributed by atoms with Crippen LogP contribution in [-0.4, -0.2) is 61.4 Å². The number of nitrogens with zero attached hydrogens (tertiary/aromatic N) is 3. The zero-order chi connectivity index (χ0) is 31.7. The third-order valence-electron chi connectivity index (χ3n) is 8.10. The van der Waals surface area contributed by atoms with Crippen LogP contribution in [0.25, 0.3) is 11.0 Å². The second-order valence-electron chi connectivity index (χ2n) is 12.3. The molecule has 3 aromatic carbocycles. The van der Waals surface area contributed by atoms with Gasteiger partial charge in [-0.25, -0.2) is 4.98 Å². The number of aromatic nitrogens is 2. The van der Waals surface area contributed by atoms with E-state index in [0.717, 1.165) is 35.6 Å². The van der Waals surface area contributed by atoms with Gasteiger partial charge in [0.05, 0.1) is 17.6 Å². The maximum Gasteiger partial charge on any atom is 0.306 e. The number of aryl methyl sites for hydroxylation is 2. The number of imidazole rings is 1. The summed E-state index contributed by atoms with van der Waals surface area (Å²) in [4.78, 5) is 19.9. The maximum atomic E-state index is 12.9. The monoisotopic (exact) mass is 653 g/mol. The lowest BCUT2D eigenvalue weighted by Crippen LogP contribution is -2.67. The highest BCUT2D eigenvalue weighted by atomic mass is 35.5. The maximum absolute atomic E-state index is 12.9. The van der Waals surface area contributed by atoms with Crippen molar-refractivity contribution >= 4 is 64.6 Å². The first-order chi connectivity index (χ1) is 21.1. The zero-order valence-electron chi connectivity index (χ0n) is 26.6. The van der Waals surface area contributed by atoms with E-state index in [0.29, 0.717) is 37.6 Å². The summed E-state index contributed by atoms with van der Waals surface area (Å²) < 4.78 is 14.9. The Balaban J connectivity index is 1.38. The summed E-state index contributed by atoms with van der Waals surface area (Å²) >= 11 is 12.0. The molecule has 236 valence electrons. The molecule has 0 saturated heterocycles. The lowest BCUT2D eigenvalue weighted by molar-refractivity contribution is -0.149. The Morgan fingerprint density at radius 1 is 0.955 bits per heavy atom. The van der Waals surface area contributed by atoms with Crippen LogP contribution in [-0.2, 0) is 27.4 Å². The molecule has 4 aromatic rings. The van der Waals surface area contributed by atoms with Crippen LogP contribution in [0.5, 0.6) is 0 Å².